The van der Waals surface area contributed by atoms with Gasteiger partial charge in [-0.25, -0.2) is 9.97 Å². The number of aromatic nitrogens is 2. The molecule has 0 atom stereocenters. The number of aryl methyl sites for hydroxylation is 3. The van der Waals surface area contributed by atoms with Crippen molar-refractivity contribution >= 4 is 39.2 Å². The van der Waals surface area contributed by atoms with Crippen molar-refractivity contribution in [3.05, 3.63) is 16.3 Å². The quantitative estimate of drug-likeness (QED) is 0.468. The van der Waals surface area contributed by atoms with Crippen LogP contribution in [-0.2, 0) is 27.1 Å². The van der Waals surface area contributed by atoms with Crippen LogP contribution in [0.1, 0.15) is 29.1 Å². The summed E-state index contributed by atoms with van der Waals surface area (Å²) in [5.74, 6) is 1.22. The lowest BCUT2D eigenvalue weighted by Crippen LogP contribution is -2.37. The predicted molar refractivity (Wildman–Crippen MR) is 110 cm³/mol. The van der Waals surface area contributed by atoms with Crippen LogP contribution in [-0.4, -0.2) is 67.1 Å². The lowest BCUT2D eigenvalue weighted by molar-refractivity contribution is -0.129. The van der Waals surface area contributed by atoms with Crippen LogP contribution < -0.4 is 0 Å². The number of thioether (sulfide) groups is 1. The van der Waals surface area contributed by atoms with Gasteiger partial charge in [0.25, 0.3) is 0 Å². The third kappa shape index (κ3) is 4.99. The monoisotopic (exact) mass is 409 g/mol. The van der Waals surface area contributed by atoms with E-state index in [-0.39, 0.29) is 5.91 Å². The number of rotatable bonds is 9. The number of carbonyl (C=O) groups excluding carboxylic acids is 1. The van der Waals surface area contributed by atoms with E-state index < -0.39 is 0 Å². The van der Waals surface area contributed by atoms with Gasteiger partial charge in [0.2, 0.25) is 5.91 Å². The first-order valence-electron chi connectivity index (χ1n) is 9.31. The number of carbonyl (C=O) groups is 1. The van der Waals surface area contributed by atoms with Crippen LogP contribution in [0.3, 0.4) is 0 Å². The standard InChI is InChI=1S/C19H27N3O3S2/c1-13-20-18(17-14-6-4-5-7-15(14)27-19(17)21-13)26-12-16(23)22(8-10-24-2)9-11-25-3/h4-12H2,1-3H3. The number of methoxy groups -OCH3 is 2. The summed E-state index contributed by atoms with van der Waals surface area (Å²) in [6.45, 7) is 4.12. The minimum atomic E-state index is 0.0858. The molecule has 0 N–H and O–H groups in total. The van der Waals surface area contributed by atoms with Crippen molar-refractivity contribution in [2.24, 2.45) is 0 Å². The minimum Gasteiger partial charge on any atom is -0.383 e. The highest BCUT2D eigenvalue weighted by molar-refractivity contribution is 8.00. The number of thiophene rings is 1. The Bertz CT molecular complexity index is 786. The van der Waals surface area contributed by atoms with E-state index in [9.17, 15) is 4.79 Å². The summed E-state index contributed by atoms with van der Waals surface area (Å²) < 4.78 is 10.3. The van der Waals surface area contributed by atoms with Gasteiger partial charge in [0, 0.05) is 37.6 Å². The molecule has 0 unspecified atom stereocenters. The second kappa shape index (κ2) is 9.82. The largest absolute Gasteiger partial charge is 0.383 e. The highest BCUT2D eigenvalue weighted by Gasteiger charge is 2.22. The van der Waals surface area contributed by atoms with Crippen LogP contribution in [0.15, 0.2) is 5.03 Å². The van der Waals surface area contributed by atoms with Gasteiger partial charge in [-0.3, -0.25) is 4.79 Å². The molecule has 0 aliphatic heterocycles. The van der Waals surface area contributed by atoms with Crippen molar-refractivity contribution in [2.45, 2.75) is 37.6 Å². The van der Waals surface area contributed by atoms with Crippen LogP contribution in [0.25, 0.3) is 10.2 Å². The van der Waals surface area contributed by atoms with Gasteiger partial charge in [0.05, 0.1) is 19.0 Å². The Kier molecular flexibility index (Phi) is 7.46. The average molecular weight is 410 g/mol. The molecule has 0 saturated heterocycles. The molecule has 0 aromatic carbocycles. The fraction of sp³-hybridized carbons (Fsp3) is 0.632. The average Bonchev–Trinajstić information content (AvgIpc) is 3.04. The normalized spacial score (nSPS) is 13.7. The highest BCUT2D eigenvalue weighted by Crippen LogP contribution is 2.39. The van der Waals surface area contributed by atoms with Gasteiger partial charge in [0.1, 0.15) is 15.7 Å². The zero-order valence-corrected chi connectivity index (χ0v) is 17.9. The van der Waals surface area contributed by atoms with Gasteiger partial charge in [-0.1, -0.05) is 11.8 Å². The zero-order valence-electron chi connectivity index (χ0n) is 16.2. The van der Waals surface area contributed by atoms with E-state index >= 15 is 0 Å². The summed E-state index contributed by atoms with van der Waals surface area (Å²) in [5.41, 5.74) is 1.41. The molecule has 2 heterocycles. The maximum absolute atomic E-state index is 12.7. The minimum absolute atomic E-state index is 0.0858. The van der Waals surface area contributed by atoms with Gasteiger partial charge in [-0.05, 0) is 38.2 Å². The maximum atomic E-state index is 12.7. The number of ether oxygens (including phenoxy) is 2. The molecule has 0 fully saturated rings. The van der Waals surface area contributed by atoms with Crippen molar-refractivity contribution in [3.63, 3.8) is 0 Å². The van der Waals surface area contributed by atoms with Crippen LogP contribution in [0.5, 0.6) is 0 Å². The Morgan fingerprint density at radius 3 is 2.56 bits per heavy atom. The third-order valence-electron chi connectivity index (χ3n) is 4.71. The van der Waals surface area contributed by atoms with E-state index in [4.69, 9.17) is 9.47 Å². The summed E-state index contributed by atoms with van der Waals surface area (Å²) in [7, 11) is 3.29. The predicted octanol–water partition coefficient (Wildman–Crippen LogP) is 3.09. The summed E-state index contributed by atoms with van der Waals surface area (Å²) in [5, 5.41) is 2.13. The molecule has 6 nitrogen and oxygen atoms in total. The van der Waals surface area contributed by atoms with Crippen molar-refractivity contribution < 1.29 is 14.3 Å². The molecule has 8 heteroatoms. The van der Waals surface area contributed by atoms with Gasteiger partial charge >= 0.3 is 0 Å². The molecule has 3 rings (SSSR count). The molecule has 0 spiro atoms. The number of hydrogen-bond donors (Lipinski definition) is 0. The smallest absolute Gasteiger partial charge is 0.233 e. The number of amides is 1. The van der Waals surface area contributed by atoms with E-state index in [1.54, 1.807) is 30.5 Å². The second-order valence-corrected chi connectivity index (χ2v) is 8.67. The Balaban J connectivity index is 1.77. The molecular formula is C19H27N3O3S2. The summed E-state index contributed by atoms with van der Waals surface area (Å²) in [6, 6.07) is 0. The van der Waals surface area contributed by atoms with E-state index in [1.807, 2.05) is 6.92 Å². The van der Waals surface area contributed by atoms with Gasteiger partial charge in [0.15, 0.2) is 0 Å². The summed E-state index contributed by atoms with van der Waals surface area (Å²) in [6.07, 6.45) is 4.70. The van der Waals surface area contributed by atoms with E-state index in [2.05, 4.69) is 9.97 Å². The topological polar surface area (TPSA) is 64.6 Å². The number of hydrogen-bond acceptors (Lipinski definition) is 7. The lowest BCUT2D eigenvalue weighted by atomic mass is 9.97. The van der Waals surface area contributed by atoms with Crippen molar-refractivity contribution in [1.82, 2.24) is 14.9 Å². The lowest BCUT2D eigenvalue weighted by Gasteiger charge is -2.22. The van der Waals surface area contributed by atoms with E-state index in [1.165, 1.54) is 40.4 Å². The Hall–Kier alpha value is -1.22. The summed E-state index contributed by atoms with van der Waals surface area (Å²) >= 11 is 3.33. The number of fused-ring (bicyclic) bond motifs is 3. The van der Waals surface area contributed by atoms with Crippen molar-refractivity contribution in [3.8, 4) is 0 Å². The van der Waals surface area contributed by atoms with Crippen molar-refractivity contribution in [2.75, 3.05) is 46.3 Å². The molecule has 0 radical (unpaired) electrons. The molecular weight excluding hydrogens is 382 g/mol. The molecule has 148 valence electrons. The molecule has 27 heavy (non-hydrogen) atoms. The van der Waals surface area contributed by atoms with E-state index in [0.29, 0.717) is 32.1 Å². The molecule has 0 saturated carbocycles. The van der Waals surface area contributed by atoms with Crippen molar-refractivity contribution in [1.29, 1.82) is 0 Å². The van der Waals surface area contributed by atoms with Crippen LogP contribution in [0.4, 0.5) is 0 Å². The Morgan fingerprint density at radius 2 is 1.85 bits per heavy atom. The molecule has 2 aromatic rings. The van der Waals surface area contributed by atoms with Gasteiger partial charge < -0.3 is 14.4 Å². The molecule has 0 bridgehead atoms. The number of nitrogens with zero attached hydrogens (tertiary/aromatic N) is 3. The van der Waals surface area contributed by atoms with E-state index in [0.717, 1.165) is 28.5 Å². The molecule has 1 aliphatic carbocycles. The Labute approximate surface area is 168 Å². The molecule has 1 aliphatic rings. The molecule has 1 amide bonds. The fourth-order valence-corrected chi connectivity index (χ4v) is 5.69. The van der Waals surface area contributed by atoms with Crippen LogP contribution in [0.2, 0.25) is 0 Å². The first-order chi connectivity index (χ1) is 13.1. The summed E-state index contributed by atoms with van der Waals surface area (Å²) in [4.78, 5) is 26.4. The van der Waals surface area contributed by atoms with Crippen LogP contribution in [0, 0.1) is 6.92 Å². The Morgan fingerprint density at radius 1 is 1.15 bits per heavy atom. The first kappa shape index (κ1) is 20.5. The zero-order chi connectivity index (χ0) is 19.2. The highest BCUT2D eigenvalue weighted by atomic mass is 32.2. The van der Waals surface area contributed by atoms with Crippen LogP contribution >= 0.6 is 23.1 Å². The first-order valence-corrected chi connectivity index (χ1v) is 11.1. The van der Waals surface area contributed by atoms with Gasteiger partial charge in [-0.2, -0.15) is 0 Å². The second-order valence-electron chi connectivity index (χ2n) is 6.62. The molecule has 2 aromatic heterocycles. The fourth-order valence-electron chi connectivity index (χ4n) is 3.32. The maximum Gasteiger partial charge on any atom is 0.233 e. The van der Waals surface area contributed by atoms with Gasteiger partial charge in [-0.15, -0.1) is 11.3 Å². The SMILES string of the molecule is COCCN(CCOC)C(=O)CSc1nc(C)nc2sc3c(c12)CCCC3. The third-order valence-corrected chi connectivity index (χ3v) is 6.85.